The van der Waals surface area contributed by atoms with Crippen molar-refractivity contribution in [2.24, 2.45) is 5.18 Å². The van der Waals surface area contributed by atoms with Gasteiger partial charge in [0.25, 0.3) is 0 Å². The van der Waals surface area contributed by atoms with Crippen LogP contribution in [0.2, 0.25) is 0 Å². The summed E-state index contributed by atoms with van der Waals surface area (Å²) in [4.78, 5) is 9.63. The molecule has 0 heterocycles. The minimum atomic E-state index is -0.651. The van der Waals surface area contributed by atoms with Gasteiger partial charge < -0.3 is 14.9 Å². The number of thioether (sulfide) groups is 1. The monoisotopic (exact) mass is 209 g/mol. The van der Waals surface area contributed by atoms with E-state index < -0.39 is 6.10 Å². The molecule has 1 atom stereocenters. The molecule has 0 aliphatic rings. The predicted octanol–water partition coefficient (Wildman–Crippen LogP) is -0.144. The number of nitroso groups, excluding NO2 is 1. The molecule has 0 aromatic heterocycles. The van der Waals surface area contributed by atoms with E-state index in [0.29, 0.717) is 19.0 Å². The molecule has 2 N–H and O–H groups in total. The minimum absolute atomic E-state index is 0.184. The maximum atomic E-state index is 9.63. The van der Waals surface area contributed by atoms with Crippen LogP contribution in [0.3, 0.4) is 0 Å². The van der Waals surface area contributed by atoms with Crippen molar-refractivity contribution in [2.45, 2.75) is 6.10 Å². The molecule has 0 amide bonds. The highest BCUT2D eigenvalue weighted by Gasteiger charge is 2.00. The van der Waals surface area contributed by atoms with Gasteiger partial charge in [-0.2, -0.15) is 16.7 Å². The Hall–Kier alpha value is -0.170. The molecule has 0 rings (SSSR count). The number of ether oxygens (including phenoxy) is 1. The van der Waals surface area contributed by atoms with Crippen LogP contribution in [0, 0.1) is 4.91 Å². The van der Waals surface area contributed by atoms with Crippen LogP contribution in [0.25, 0.3) is 0 Å². The van der Waals surface area contributed by atoms with Crippen LogP contribution in [0.1, 0.15) is 0 Å². The van der Waals surface area contributed by atoms with Crippen LogP contribution in [0.5, 0.6) is 0 Å². The molecule has 13 heavy (non-hydrogen) atoms. The van der Waals surface area contributed by atoms with Crippen molar-refractivity contribution in [3.05, 3.63) is 4.91 Å². The van der Waals surface area contributed by atoms with Gasteiger partial charge in [-0.25, -0.2) is 0 Å². The van der Waals surface area contributed by atoms with Crippen LogP contribution in [-0.4, -0.2) is 54.2 Å². The molecule has 0 aromatic rings. The van der Waals surface area contributed by atoms with Crippen LogP contribution in [-0.2, 0) is 4.74 Å². The first-order valence-corrected chi connectivity index (χ1v) is 5.20. The second kappa shape index (κ2) is 9.91. The van der Waals surface area contributed by atoms with E-state index in [9.17, 15) is 4.91 Å². The Kier molecular flexibility index (Phi) is 9.78. The number of aliphatic hydroxyl groups is 2. The zero-order chi connectivity index (χ0) is 9.94. The van der Waals surface area contributed by atoms with E-state index >= 15 is 0 Å². The predicted molar refractivity (Wildman–Crippen MR) is 51.9 cm³/mol. The zero-order valence-corrected chi connectivity index (χ0v) is 8.20. The highest BCUT2D eigenvalue weighted by molar-refractivity contribution is 7.99. The lowest BCUT2D eigenvalue weighted by atomic mass is 10.4. The SMILES string of the molecule is O=NCCOCCSCC(O)CO. The minimum Gasteiger partial charge on any atom is -0.394 e. The molecule has 0 saturated heterocycles. The molecule has 0 aliphatic carbocycles. The second-order valence-corrected chi connectivity index (χ2v) is 3.53. The third-order valence-electron chi connectivity index (χ3n) is 1.22. The van der Waals surface area contributed by atoms with Crippen molar-refractivity contribution < 1.29 is 14.9 Å². The average molecular weight is 209 g/mol. The molecule has 0 spiro atoms. The van der Waals surface area contributed by atoms with Crippen LogP contribution in [0.15, 0.2) is 5.18 Å². The van der Waals surface area contributed by atoms with Gasteiger partial charge in [0.05, 0.1) is 25.9 Å². The smallest absolute Gasteiger partial charge is 0.104 e. The molecule has 0 bridgehead atoms. The van der Waals surface area contributed by atoms with Crippen molar-refractivity contribution in [3.8, 4) is 0 Å². The fraction of sp³-hybridized carbons (Fsp3) is 1.00. The van der Waals surface area contributed by atoms with E-state index in [1.807, 2.05) is 0 Å². The van der Waals surface area contributed by atoms with Gasteiger partial charge in [0.1, 0.15) is 6.54 Å². The van der Waals surface area contributed by atoms with Gasteiger partial charge in [0.2, 0.25) is 0 Å². The molecule has 0 aliphatic heterocycles. The maximum Gasteiger partial charge on any atom is 0.104 e. The summed E-state index contributed by atoms with van der Waals surface area (Å²) in [6.45, 7) is 0.873. The van der Waals surface area contributed by atoms with E-state index in [1.54, 1.807) is 0 Å². The van der Waals surface area contributed by atoms with Gasteiger partial charge >= 0.3 is 0 Å². The van der Waals surface area contributed by atoms with Gasteiger partial charge in [-0.15, -0.1) is 0 Å². The second-order valence-electron chi connectivity index (χ2n) is 2.38. The van der Waals surface area contributed by atoms with Crippen molar-refractivity contribution >= 4 is 11.8 Å². The van der Waals surface area contributed by atoms with E-state index in [2.05, 4.69) is 5.18 Å². The first-order chi connectivity index (χ1) is 6.31. The number of rotatable bonds is 9. The molecule has 0 aromatic carbocycles. The Morgan fingerprint density at radius 1 is 1.46 bits per heavy atom. The van der Waals surface area contributed by atoms with Crippen molar-refractivity contribution in [1.29, 1.82) is 0 Å². The standard InChI is InChI=1S/C7H15NO4S/c9-5-7(10)6-13-4-3-12-2-1-8-11/h7,9-10H,1-6H2. The Balaban J connectivity index is 2.95. The summed E-state index contributed by atoms with van der Waals surface area (Å²) < 4.78 is 5.03. The summed E-state index contributed by atoms with van der Waals surface area (Å²) in [5.41, 5.74) is 0. The summed E-state index contributed by atoms with van der Waals surface area (Å²) in [5.74, 6) is 1.25. The van der Waals surface area contributed by atoms with Crippen LogP contribution >= 0.6 is 11.8 Å². The van der Waals surface area contributed by atoms with E-state index in [-0.39, 0.29) is 13.2 Å². The van der Waals surface area contributed by atoms with Crippen molar-refractivity contribution in [1.82, 2.24) is 0 Å². The first-order valence-electron chi connectivity index (χ1n) is 4.04. The van der Waals surface area contributed by atoms with E-state index in [0.717, 1.165) is 5.75 Å². The highest BCUT2D eigenvalue weighted by Crippen LogP contribution is 2.02. The van der Waals surface area contributed by atoms with Gasteiger partial charge in [-0.1, -0.05) is 5.18 Å². The Labute approximate surface area is 81.4 Å². The van der Waals surface area contributed by atoms with Gasteiger partial charge in [-0.05, 0) is 0 Å². The summed E-state index contributed by atoms with van der Waals surface area (Å²) in [6.07, 6.45) is -0.651. The molecule has 0 saturated carbocycles. The number of hydrogen-bond acceptors (Lipinski definition) is 6. The normalized spacial score (nSPS) is 12.8. The molecule has 78 valence electrons. The summed E-state index contributed by atoms with van der Waals surface area (Å²) in [6, 6.07) is 0. The van der Waals surface area contributed by atoms with Crippen LogP contribution in [0.4, 0.5) is 0 Å². The Morgan fingerprint density at radius 3 is 2.85 bits per heavy atom. The summed E-state index contributed by atoms with van der Waals surface area (Å²) >= 11 is 1.50. The van der Waals surface area contributed by atoms with Gasteiger partial charge in [-0.3, -0.25) is 0 Å². The highest BCUT2D eigenvalue weighted by atomic mass is 32.2. The Bertz CT molecular complexity index is 125. The topological polar surface area (TPSA) is 79.1 Å². The molecule has 1 unspecified atom stereocenters. The third kappa shape index (κ3) is 9.75. The lowest BCUT2D eigenvalue weighted by Crippen LogP contribution is -2.15. The number of aliphatic hydroxyl groups excluding tert-OH is 2. The zero-order valence-electron chi connectivity index (χ0n) is 7.39. The summed E-state index contributed by atoms with van der Waals surface area (Å²) in [5, 5.41) is 20.0. The number of hydrogen-bond donors (Lipinski definition) is 2. The fourth-order valence-electron chi connectivity index (χ4n) is 0.594. The molecule has 5 nitrogen and oxygen atoms in total. The maximum absolute atomic E-state index is 9.63. The lowest BCUT2D eigenvalue weighted by molar-refractivity contribution is 0.113. The summed E-state index contributed by atoms with van der Waals surface area (Å²) in [7, 11) is 0. The van der Waals surface area contributed by atoms with Gasteiger partial charge in [0.15, 0.2) is 0 Å². The van der Waals surface area contributed by atoms with Crippen molar-refractivity contribution in [3.63, 3.8) is 0 Å². The molecule has 0 fully saturated rings. The molecular formula is C7H15NO4S. The van der Waals surface area contributed by atoms with E-state index in [1.165, 1.54) is 11.8 Å². The molecule has 0 radical (unpaired) electrons. The average Bonchev–Trinajstić information content (AvgIpc) is 2.16. The number of nitrogens with zero attached hydrogens (tertiary/aromatic N) is 1. The van der Waals surface area contributed by atoms with Crippen LogP contribution < -0.4 is 0 Å². The molecule has 6 heteroatoms. The largest absolute Gasteiger partial charge is 0.394 e. The molecular weight excluding hydrogens is 194 g/mol. The third-order valence-corrected chi connectivity index (χ3v) is 2.30. The van der Waals surface area contributed by atoms with Crippen molar-refractivity contribution in [2.75, 3.05) is 37.9 Å². The van der Waals surface area contributed by atoms with Gasteiger partial charge in [0, 0.05) is 11.5 Å². The van der Waals surface area contributed by atoms with E-state index in [4.69, 9.17) is 14.9 Å². The first kappa shape index (κ1) is 12.8. The quantitative estimate of drug-likeness (QED) is 0.408. The Morgan fingerprint density at radius 2 is 2.23 bits per heavy atom. The fourth-order valence-corrected chi connectivity index (χ4v) is 1.37. The lowest BCUT2D eigenvalue weighted by Gasteiger charge is -2.06.